The molecule has 0 spiro atoms. The van der Waals surface area contributed by atoms with Gasteiger partial charge >= 0.3 is 39.5 Å². The second-order valence-electron chi connectivity index (χ2n) is 32.7. The van der Waals surface area contributed by atoms with Gasteiger partial charge in [-0.3, -0.25) is 37.3 Å². The first-order valence-corrected chi connectivity index (χ1v) is 47.8. The van der Waals surface area contributed by atoms with E-state index in [4.69, 9.17) is 37.0 Å². The van der Waals surface area contributed by atoms with Gasteiger partial charge in [0.05, 0.1) is 26.4 Å². The maximum Gasteiger partial charge on any atom is 0.472 e. The van der Waals surface area contributed by atoms with Gasteiger partial charge in [-0.2, -0.15) is 0 Å². The molecule has 0 radical (unpaired) electrons. The van der Waals surface area contributed by atoms with Gasteiger partial charge in [0.2, 0.25) is 0 Å². The van der Waals surface area contributed by atoms with E-state index in [-0.39, 0.29) is 25.7 Å². The van der Waals surface area contributed by atoms with E-state index in [2.05, 4.69) is 48.5 Å². The Morgan fingerprint density at radius 2 is 0.434 bits per heavy atom. The van der Waals surface area contributed by atoms with Gasteiger partial charge in [-0.15, -0.1) is 0 Å². The third-order valence-electron chi connectivity index (χ3n) is 20.4. The van der Waals surface area contributed by atoms with Gasteiger partial charge < -0.3 is 33.8 Å². The van der Waals surface area contributed by atoms with Crippen LogP contribution in [-0.4, -0.2) is 96.7 Å². The van der Waals surface area contributed by atoms with E-state index in [0.29, 0.717) is 25.7 Å². The van der Waals surface area contributed by atoms with Crippen molar-refractivity contribution in [3.8, 4) is 0 Å². The van der Waals surface area contributed by atoms with Crippen LogP contribution in [0.1, 0.15) is 459 Å². The first kappa shape index (κ1) is 104. The van der Waals surface area contributed by atoms with Crippen molar-refractivity contribution in [1.29, 1.82) is 0 Å². The Hall–Kier alpha value is -1.94. The molecule has 0 amide bonds. The van der Waals surface area contributed by atoms with Crippen LogP contribution in [0.2, 0.25) is 0 Å². The van der Waals surface area contributed by atoms with E-state index in [1.54, 1.807) is 0 Å². The van der Waals surface area contributed by atoms with Crippen LogP contribution in [0.5, 0.6) is 0 Å². The summed E-state index contributed by atoms with van der Waals surface area (Å²) < 4.78 is 68.9. The molecule has 0 saturated carbocycles. The normalized spacial score (nSPS) is 13.9. The van der Waals surface area contributed by atoms with Crippen LogP contribution in [0.3, 0.4) is 0 Å². The molecular formula is C87H170O17P2. The van der Waals surface area contributed by atoms with Crippen molar-refractivity contribution in [1.82, 2.24) is 0 Å². The fourth-order valence-corrected chi connectivity index (χ4v) is 15.1. The van der Waals surface area contributed by atoms with Gasteiger partial charge in [0.1, 0.15) is 19.3 Å². The van der Waals surface area contributed by atoms with E-state index in [1.165, 1.54) is 270 Å². The Labute approximate surface area is 651 Å². The molecule has 0 rings (SSSR count). The summed E-state index contributed by atoms with van der Waals surface area (Å²) in [6.45, 7) is 12.0. The summed E-state index contributed by atoms with van der Waals surface area (Å²) in [5.41, 5.74) is 0. The summed E-state index contributed by atoms with van der Waals surface area (Å²) in [5, 5.41) is 10.7. The van der Waals surface area contributed by atoms with Crippen LogP contribution in [0, 0.1) is 17.8 Å². The average molecular weight is 1550 g/mol. The molecule has 106 heavy (non-hydrogen) atoms. The van der Waals surface area contributed by atoms with Crippen molar-refractivity contribution in [2.24, 2.45) is 17.8 Å². The van der Waals surface area contributed by atoms with E-state index in [1.807, 2.05) is 0 Å². The number of unbranched alkanes of at least 4 members (excludes halogenated alkanes) is 53. The number of hydrogen-bond donors (Lipinski definition) is 3. The molecule has 0 bridgehead atoms. The standard InChI is InChI=1S/C87H170O17P2/c1-8-9-10-11-12-13-14-15-16-17-18-19-20-21-22-27-30-35-40-49-56-63-70-86(91)103-82(74-97-84(89)68-61-54-47-39-34-29-26-24-23-25-28-32-37-44-51-58-65-78(2)3)76-101-105(93,94)99-72-81(88)73-100-106(95,96)102-77-83(75-98-85(90)69-62-55-48-43-42-46-53-60-67-80(6)7)104-87(92)71-64-57-50-41-36-31-33-38-45-52-59-66-79(4)5/h78-83,88H,8-77H2,1-7H3,(H,93,94)(H,95,96)/t81-,82-,83-/m1/s1. The molecule has 2 unspecified atom stereocenters. The molecule has 0 aromatic carbocycles. The number of ether oxygens (including phenoxy) is 4. The lowest BCUT2D eigenvalue weighted by molar-refractivity contribution is -0.161. The predicted octanol–water partition coefficient (Wildman–Crippen LogP) is 26.5. The molecule has 0 fully saturated rings. The van der Waals surface area contributed by atoms with Crippen molar-refractivity contribution in [3.05, 3.63) is 0 Å². The fourth-order valence-electron chi connectivity index (χ4n) is 13.5. The number of hydrogen-bond acceptors (Lipinski definition) is 15. The maximum atomic E-state index is 13.2. The third-order valence-corrected chi connectivity index (χ3v) is 22.3. The van der Waals surface area contributed by atoms with E-state index >= 15 is 0 Å². The Bertz CT molecular complexity index is 2040. The fraction of sp³-hybridized carbons (Fsp3) is 0.954. The molecule has 5 atom stereocenters. The zero-order valence-corrected chi connectivity index (χ0v) is 71.7. The van der Waals surface area contributed by atoms with Crippen molar-refractivity contribution in [3.63, 3.8) is 0 Å². The van der Waals surface area contributed by atoms with Crippen molar-refractivity contribution in [2.75, 3.05) is 39.6 Å². The lowest BCUT2D eigenvalue weighted by Crippen LogP contribution is -2.30. The zero-order valence-electron chi connectivity index (χ0n) is 69.9. The third kappa shape index (κ3) is 80.1. The molecule has 630 valence electrons. The molecule has 0 aliphatic carbocycles. The van der Waals surface area contributed by atoms with E-state index in [0.717, 1.165) is 108 Å². The molecule has 17 nitrogen and oxygen atoms in total. The number of esters is 4. The summed E-state index contributed by atoms with van der Waals surface area (Å²) in [5.74, 6) is 0.199. The number of phosphoric ester groups is 2. The lowest BCUT2D eigenvalue weighted by atomic mass is 10.0. The largest absolute Gasteiger partial charge is 0.472 e. The maximum absolute atomic E-state index is 13.2. The smallest absolute Gasteiger partial charge is 0.462 e. The highest BCUT2D eigenvalue weighted by atomic mass is 31.2. The van der Waals surface area contributed by atoms with Gasteiger partial charge in [-0.05, 0) is 43.4 Å². The highest BCUT2D eigenvalue weighted by Crippen LogP contribution is 2.45. The summed E-state index contributed by atoms with van der Waals surface area (Å²) >= 11 is 0. The number of carbonyl (C=O) groups is 4. The van der Waals surface area contributed by atoms with Gasteiger partial charge in [-0.25, -0.2) is 9.13 Å². The minimum Gasteiger partial charge on any atom is -0.462 e. The highest BCUT2D eigenvalue weighted by molar-refractivity contribution is 7.47. The topological polar surface area (TPSA) is 237 Å². The highest BCUT2D eigenvalue weighted by Gasteiger charge is 2.30. The van der Waals surface area contributed by atoms with E-state index < -0.39 is 97.5 Å². The first-order valence-electron chi connectivity index (χ1n) is 44.8. The summed E-state index contributed by atoms with van der Waals surface area (Å²) in [6.07, 6.45) is 68.2. The van der Waals surface area contributed by atoms with E-state index in [9.17, 15) is 43.2 Å². The lowest BCUT2D eigenvalue weighted by Gasteiger charge is -2.21. The minimum absolute atomic E-state index is 0.106. The Kier molecular flexibility index (Phi) is 75.6. The molecular weight excluding hydrogens is 1380 g/mol. The molecule has 0 saturated heterocycles. The van der Waals surface area contributed by atoms with Crippen LogP contribution in [-0.2, 0) is 65.4 Å². The Balaban J connectivity index is 5.23. The number of aliphatic hydroxyl groups excluding tert-OH is 1. The predicted molar refractivity (Wildman–Crippen MR) is 437 cm³/mol. The number of rotatable bonds is 85. The SMILES string of the molecule is CCCCCCCCCCCCCCCCCCCCCCCCC(=O)O[C@H](COC(=O)CCCCCCCCCCCCCCCCCCC(C)C)COP(=O)(O)OC[C@@H](O)COP(=O)(O)OC[C@@H](COC(=O)CCCCCCCCCCC(C)C)OC(=O)CCCCCCCCCCCCCC(C)C. The van der Waals surface area contributed by atoms with Gasteiger partial charge in [0.15, 0.2) is 12.2 Å². The van der Waals surface area contributed by atoms with Crippen LogP contribution in [0.4, 0.5) is 0 Å². The van der Waals surface area contributed by atoms with Crippen LogP contribution >= 0.6 is 15.6 Å². The average Bonchev–Trinajstić information content (AvgIpc) is 0.904. The quantitative estimate of drug-likeness (QED) is 0.0222. The summed E-state index contributed by atoms with van der Waals surface area (Å²) in [4.78, 5) is 73.2. The van der Waals surface area contributed by atoms with Crippen LogP contribution in [0.25, 0.3) is 0 Å². The Morgan fingerprint density at radius 1 is 0.255 bits per heavy atom. The second-order valence-corrected chi connectivity index (χ2v) is 35.6. The number of carbonyl (C=O) groups excluding carboxylic acids is 4. The zero-order chi connectivity index (χ0) is 77.9. The Morgan fingerprint density at radius 3 is 0.642 bits per heavy atom. The van der Waals surface area contributed by atoms with Gasteiger partial charge in [0.25, 0.3) is 0 Å². The molecule has 0 aliphatic rings. The van der Waals surface area contributed by atoms with Gasteiger partial charge in [-0.1, -0.05) is 408 Å². The molecule has 3 N–H and O–H groups in total. The molecule has 19 heteroatoms. The molecule has 0 aromatic heterocycles. The molecule has 0 aromatic rings. The van der Waals surface area contributed by atoms with Crippen molar-refractivity contribution in [2.45, 2.75) is 478 Å². The van der Waals surface area contributed by atoms with Crippen molar-refractivity contribution >= 4 is 39.5 Å². The number of aliphatic hydroxyl groups is 1. The summed E-state index contributed by atoms with van der Waals surface area (Å²) in [7, 11) is -9.93. The minimum atomic E-state index is -4.97. The number of phosphoric acid groups is 2. The molecule has 0 aliphatic heterocycles. The van der Waals surface area contributed by atoms with Crippen molar-refractivity contribution < 1.29 is 80.2 Å². The monoisotopic (exact) mass is 1550 g/mol. The summed E-state index contributed by atoms with van der Waals surface area (Å²) in [6, 6.07) is 0. The molecule has 0 heterocycles. The van der Waals surface area contributed by atoms with Gasteiger partial charge in [0, 0.05) is 25.7 Å². The first-order chi connectivity index (χ1) is 51.2. The second kappa shape index (κ2) is 77.0. The van der Waals surface area contributed by atoms with Crippen LogP contribution < -0.4 is 0 Å². The van der Waals surface area contributed by atoms with Crippen LogP contribution in [0.15, 0.2) is 0 Å².